The van der Waals surface area contributed by atoms with Crippen LogP contribution in [0.25, 0.3) is 0 Å². The highest BCUT2D eigenvalue weighted by atomic mass is 16.1. The summed E-state index contributed by atoms with van der Waals surface area (Å²) < 4.78 is 0. The molecule has 0 aromatic heterocycles. The number of hydrogen-bond acceptors (Lipinski definition) is 2. The second kappa shape index (κ2) is 8.87. The molecule has 3 aliphatic rings. The monoisotopic (exact) mass is 345 g/mol. The van der Waals surface area contributed by atoms with Gasteiger partial charge in [0.1, 0.15) is 5.78 Å². The second-order valence-electron chi connectivity index (χ2n) is 7.29. The first-order chi connectivity index (χ1) is 11.6. The van der Waals surface area contributed by atoms with Crippen LogP contribution in [0.1, 0.15) is 91.2 Å². The first-order valence-electron chi connectivity index (χ1n) is 10.0. The Labute approximate surface area is 155 Å². The van der Waals surface area contributed by atoms with Crippen LogP contribution in [0.15, 0.2) is 18.2 Å². The summed E-state index contributed by atoms with van der Waals surface area (Å²) in [5.41, 5.74) is 9.79. The predicted molar refractivity (Wildman–Crippen MR) is 110 cm³/mol. The van der Waals surface area contributed by atoms with E-state index in [0.29, 0.717) is 17.6 Å². The van der Waals surface area contributed by atoms with Gasteiger partial charge in [-0.05, 0) is 73.1 Å². The molecule has 0 bridgehead atoms. The van der Waals surface area contributed by atoms with Crippen molar-refractivity contribution in [2.24, 2.45) is 17.3 Å². The second-order valence-corrected chi connectivity index (χ2v) is 7.29. The van der Waals surface area contributed by atoms with Crippen molar-refractivity contribution in [1.29, 1.82) is 0 Å². The summed E-state index contributed by atoms with van der Waals surface area (Å²) in [6.45, 7) is 10.2. The molecule has 25 heavy (non-hydrogen) atoms. The maximum Gasteiger partial charge on any atom is 0.139 e. The number of aryl methyl sites for hydroxylation is 1. The Morgan fingerprint density at radius 3 is 2.40 bits per heavy atom. The van der Waals surface area contributed by atoms with Gasteiger partial charge >= 0.3 is 0 Å². The molecule has 2 N–H and O–H groups in total. The minimum absolute atomic E-state index is 0. The number of carbonyl (C=O) groups is 1. The molecule has 0 aliphatic heterocycles. The molecule has 3 aliphatic carbocycles. The zero-order valence-corrected chi connectivity index (χ0v) is 16.2. The van der Waals surface area contributed by atoms with E-state index in [1.54, 1.807) is 0 Å². The quantitative estimate of drug-likeness (QED) is 0.554. The fourth-order valence-corrected chi connectivity index (χ4v) is 5.37. The van der Waals surface area contributed by atoms with Crippen molar-refractivity contribution in [3.05, 3.63) is 29.3 Å². The van der Waals surface area contributed by atoms with Crippen LogP contribution in [-0.2, 0) is 11.2 Å². The number of carbonyl (C=O) groups excluding carboxylic acids is 1. The maximum atomic E-state index is 12.3. The number of fused-ring (bicyclic) bond motifs is 5. The molecule has 2 fully saturated rings. The fourth-order valence-electron chi connectivity index (χ4n) is 5.37. The molecule has 1 aromatic carbocycles. The Morgan fingerprint density at radius 1 is 1.04 bits per heavy atom. The summed E-state index contributed by atoms with van der Waals surface area (Å²) >= 11 is 0. The molecule has 2 saturated carbocycles. The molecule has 4 atom stereocenters. The topological polar surface area (TPSA) is 43.1 Å². The van der Waals surface area contributed by atoms with Crippen LogP contribution in [0, 0.1) is 17.3 Å². The van der Waals surface area contributed by atoms with Gasteiger partial charge in [-0.25, -0.2) is 0 Å². The van der Waals surface area contributed by atoms with Crippen molar-refractivity contribution in [3.8, 4) is 0 Å². The van der Waals surface area contributed by atoms with Gasteiger partial charge in [0, 0.05) is 17.5 Å². The van der Waals surface area contributed by atoms with Gasteiger partial charge in [0.05, 0.1) is 0 Å². The van der Waals surface area contributed by atoms with Crippen molar-refractivity contribution < 1.29 is 4.79 Å². The highest BCUT2D eigenvalue weighted by molar-refractivity contribution is 5.87. The SMILES string of the molecule is C.CC.CC.C[C@]12CCC3c4ccc(N)cc4CCC3C1CCC2=O. The molecule has 3 unspecified atom stereocenters. The van der Waals surface area contributed by atoms with E-state index in [1.807, 2.05) is 27.7 Å². The summed E-state index contributed by atoms with van der Waals surface area (Å²) in [5, 5.41) is 0. The third-order valence-corrected chi connectivity index (χ3v) is 6.46. The van der Waals surface area contributed by atoms with Gasteiger partial charge in [0.15, 0.2) is 0 Å². The Balaban J connectivity index is 0.000000586. The third-order valence-electron chi connectivity index (χ3n) is 6.46. The number of Topliss-reactive ketones (excluding diaryl/α,β-unsaturated/α-hetero) is 1. The van der Waals surface area contributed by atoms with Crippen LogP contribution in [-0.4, -0.2) is 5.78 Å². The van der Waals surface area contributed by atoms with Gasteiger partial charge in [-0.1, -0.05) is 48.1 Å². The molecule has 0 radical (unpaired) electrons. The summed E-state index contributed by atoms with van der Waals surface area (Å²) in [7, 11) is 0. The standard InChI is InChI=1S/C18H23NO.2C2H6.CH4/c1-18-9-8-14-13-5-3-12(19)10-11(13)2-4-15(14)16(18)6-7-17(18)20;2*1-2;/h3,5,10,14-16H,2,4,6-9,19H2,1H3;2*1-2H3;1H4/t14?,15?,16?,18-;;;/m0.../s1. The first kappa shape index (κ1) is 21.7. The average Bonchev–Trinajstić information content (AvgIpc) is 2.93. The van der Waals surface area contributed by atoms with Crippen molar-refractivity contribution >= 4 is 11.5 Å². The van der Waals surface area contributed by atoms with Crippen LogP contribution in [0.3, 0.4) is 0 Å². The van der Waals surface area contributed by atoms with Crippen LogP contribution in [0.5, 0.6) is 0 Å². The van der Waals surface area contributed by atoms with Crippen molar-refractivity contribution in [1.82, 2.24) is 0 Å². The molecule has 0 heterocycles. The van der Waals surface area contributed by atoms with Gasteiger partial charge in [-0.3, -0.25) is 4.79 Å². The average molecular weight is 346 g/mol. The molecular weight excluding hydrogens is 306 g/mol. The maximum absolute atomic E-state index is 12.3. The molecule has 2 heteroatoms. The Bertz CT molecular complexity index is 579. The van der Waals surface area contributed by atoms with Gasteiger partial charge in [0.25, 0.3) is 0 Å². The third kappa shape index (κ3) is 3.64. The van der Waals surface area contributed by atoms with E-state index < -0.39 is 0 Å². The van der Waals surface area contributed by atoms with Gasteiger partial charge in [0.2, 0.25) is 0 Å². The van der Waals surface area contributed by atoms with Crippen molar-refractivity contribution in [2.75, 3.05) is 5.73 Å². The number of hydrogen-bond donors (Lipinski definition) is 1. The lowest BCUT2D eigenvalue weighted by Gasteiger charge is -2.48. The van der Waals surface area contributed by atoms with E-state index in [-0.39, 0.29) is 12.8 Å². The lowest BCUT2D eigenvalue weighted by Crippen LogP contribution is -2.42. The number of anilines is 1. The molecule has 1 aromatic rings. The number of nitrogens with two attached hydrogens (primary N) is 1. The smallest absolute Gasteiger partial charge is 0.139 e. The molecule has 2 nitrogen and oxygen atoms in total. The van der Waals surface area contributed by atoms with Crippen LogP contribution in [0.4, 0.5) is 5.69 Å². The molecule has 0 spiro atoms. The van der Waals surface area contributed by atoms with E-state index in [2.05, 4.69) is 25.1 Å². The van der Waals surface area contributed by atoms with Gasteiger partial charge in [-0.15, -0.1) is 0 Å². The summed E-state index contributed by atoms with van der Waals surface area (Å²) in [5.74, 6) is 2.54. The minimum Gasteiger partial charge on any atom is -0.399 e. The molecule has 142 valence electrons. The minimum atomic E-state index is -0.00746. The van der Waals surface area contributed by atoms with Gasteiger partial charge < -0.3 is 5.73 Å². The number of nitrogen functional groups attached to an aromatic ring is 1. The summed E-state index contributed by atoms with van der Waals surface area (Å²) in [6, 6.07) is 6.47. The van der Waals surface area contributed by atoms with E-state index in [9.17, 15) is 4.79 Å². The van der Waals surface area contributed by atoms with E-state index >= 15 is 0 Å². The zero-order valence-electron chi connectivity index (χ0n) is 16.2. The lowest BCUT2D eigenvalue weighted by molar-refractivity contribution is -0.129. The Hall–Kier alpha value is -1.31. The number of rotatable bonds is 0. The highest BCUT2D eigenvalue weighted by Crippen LogP contribution is 2.59. The predicted octanol–water partition coefficient (Wildman–Crippen LogP) is 6.38. The van der Waals surface area contributed by atoms with Crippen LogP contribution < -0.4 is 5.73 Å². The normalized spacial score (nSPS) is 31.7. The molecule has 0 amide bonds. The number of ketones is 1. The van der Waals surface area contributed by atoms with Crippen LogP contribution in [0.2, 0.25) is 0 Å². The number of benzene rings is 1. The molecule has 4 rings (SSSR count). The summed E-state index contributed by atoms with van der Waals surface area (Å²) in [6.07, 6.45) is 6.60. The van der Waals surface area contributed by atoms with E-state index in [4.69, 9.17) is 5.73 Å². The van der Waals surface area contributed by atoms with Crippen molar-refractivity contribution in [2.45, 2.75) is 86.5 Å². The largest absolute Gasteiger partial charge is 0.399 e. The Kier molecular flexibility index (Phi) is 7.71. The summed E-state index contributed by atoms with van der Waals surface area (Å²) in [4.78, 5) is 12.3. The first-order valence-corrected chi connectivity index (χ1v) is 10.0. The zero-order chi connectivity index (χ0) is 17.9. The van der Waals surface area contributed by atoms with Gasteiger partial charge in [-0.2, -0.15) is 0 Å². The fraction of sp³-hybridized carbons (Fsp3) is 0.696. The molecular formula is C23H39NO. The lowest BCUT2D eigenvalue weighted by atomic mass is 9.55. The van der Waals surface area contributed by atoms with E-state index in [1.165, 1.54) is 24.0 Å². The Morgan fingerprint density at radius 2 is 1.72 bits per heavy atom. The molecule has 0 saturated heterocycles. The van der Waals surface area contributed by atoms with E-state index in [0.717, 1.165) is 37.3 Å². The highest BCUT2D eigenvalue weighted by Gasteiger charge is 2.54. The van der Waals surface area contributed by atoms with Crippen molar-refractivity contribution in [3.63, 3.8) is 0 Å². The van der Waals surface area contributed by atoms with Crippen LogP contribution >= 0.6 is 0 Å².